The average Bonchev–Trinajstić information content (AvgIpc) is 3.47. The topological polar surface area (TPSA) is 58.1 Å². The van der Waals surface area contributed by atoms with E-state index < -0.39 is 0 Å². The van der Waals surface area contributed by atoms with Crippen LogP contribution in [0.25, 0.3) is 0 Å². The highest BCUT2D eigenvalue weighted by molar-refractivity contribution is 7.09. The Labute approximate surface area is 240 Å². The fraction of sp³-hybridized carbons (Fsp3) is 0.206. The number of anilines is 1. The Balaban J connectivity index is 1.20. The number of hydrogen-bond donors (Lipinski definition) is 1. The molecule has 40 heavy (non-hydrogen) atoms. The minimum atomic E-state index is 0.0481. The number of nitrogens with zero attached hydrogens (tertiary/aromatic N) is 3. The van der Waals surface area contributed by atoms with Gasteiger partial charge in [0.1, 0.15) is 5.82 Å². The van der Waals surface area contributed by atoms with Crippen LogP contribution in [0.1, 0.15) is 46.8 Å². The Morgan fingerprint density at radius 1 is 0.750 bits per heavy atom. The summed E-state index contributed by atoms with van der Waals surface area (Å²) < 4.78 is 4.62. The molecule has 0 bridgehead atoms. The number of benzene rings is 4. The minimum absolute atomic E-state index is 0.0481. The monoisotopic (exact) mass is 546 g/mol. The first-order chi connectivity index (χ1) is 19.7. The second kappa shape index (κ2) is 14.2. The summed E-state index contributed by atoms with van der Waals surface area (Å²) in [4.78, 5) is 20.0. The van der Waals surface area contributed by atoms with Crippen LogP contribution in [-0.4, -0.2) is 28.4 Å². The lowest BCUT2D eigenvalue weighted by molar-refractivity contribution is -0.120. The molecule has 0 aliphatic rings. The predicted octanol–water partition coefficient (Wildman–Crippen LogP) is 6.86. The van der Waals surface area contributed by atoms with Crippen LogP contribution in [0.4, 0.5) is 5.13 Å². The third-order valence-electron chi connectivity index (χ3n) is 6.92. The van der Waals surface area contributed by atoms with Gasteiger partial charge in [0.15, 0.2) is 0 Å². The summed E-state index contributed by atoms with van der Waals surface area (Å²) in [6.07, 6.45) is 1.93. The van der Waals surface area contributed by atoms with Crippen molar-refractivity contribution >= 4 is 22.6 Å². The van der Waals surface area contributed by atoms with E-state index in [0.717, 1.165) is 17.4 Å². The minimum Gasteiger partial charge on any atom is -0.356 e. The molecule has 0 aliphatic carbocycles. The largest absolute Gasteiger partial charge is 0.356 e. The van der Waals surface area contributed by atoms with Crippen LogP contribution in [0.2, 0.25) is 0 Å². The smallest absolute Gasteiger partial charge is 0.221 e. The van der Waals surface area contributed by atoms with E-state index in [1.54, 1.807) is 0 Å². The van der Waals surface area contributed by atoms with E-state index in [0.29, 0.717) is 32.5 Å². The summed E-state index contributed by atoms with van der Waals surface area (Å²) in [5.74, 6) is 1.09. The van der Waals surface area contributed by atoms with Gasteiger partial charge in [-0.1, -0.05) is 121 Å². The zero-order valence-corrected chi connectivity index (χ0v) is 23.3. The number of nitrogens with one attached hydrogen (secondary N) is 1. The van der Waals surface area contributed by atoms with Crippen molar-refractivity contribution in [2.24, 2.45) is 0 Å². The van der Waals surface area contributed by atoms with E-state index in [2.05, 4.69) is 87.4 Å². The van der Waals surface area contributed by atoms with E-state index in [1.807, 2.05) is 48.5 Å². The fourth-order valence-corrected chi connectivity index (χ4v) is 5.56. The van der Waals surface area contributed by atoms with Crippen LogP contribution in [0.15, 0.2) is 121 Å². The normalized spacial score (nSPS) is 10.9. The third-order valence-corrected chi connectivity index (χ3v) is 7.73. The van der Waals surface area contributed by atoms with Crippen molar-refractivity contribution in [3.05, 3.63) is 149 Å². The molecule has 0 spiro atoms. The molecule has 5 aromatic rings. The van der Waals surface area contributed by atoms with Crippen LogP contribution in [0.5, 0.6) is 0 Å². The van der Waals surface area contributed by atoms with Crippen LogP contribution in [0, 0.1) is 0 Å². The van der Waals surface area contributed by atoms with Gasteiger partial charge in [0, 0.05) is 49.9 Å². The van der Waals surface area contributed by atoms with Crippen LogP contribution >= 0.6 is 11.5 Å². The van der Waals surface area contributed by atoms with Crippen molar-refractivity contribution in [1.82, 2.24) is 14.7 Å². The van der Waals surface area contributed by atoms with Gasteiger partial charge in [-0.05, 0) is 28.7 Å². The molecule has 0 radical (unpaired) electrons. The summed E-state index contributed by atoms with van der Waals surface area (Å²) in [6, 6.07) is 41.6. The Bertz CT molecular complexity index is 1400. The Morgan fingerprint density at radius 2 is 1.30 bits per heavy atom. The molecule has 5 nitrogen and oxygen atoms in total. The summed E-state index contributed by atoms with van der Waals surface area (Å²) in [6.45, 7) is 1.87. The summed E-state index contributed by atoms with van der Waals surface area (Å²) in [7, 11) is 0. The van der Waals surface area contributed by atoms with E-state index >= 15 is 0 Å². The van der Waals surface area contributed by atoms with Crippen LogP contribution in [-0.2, 0) is 17.8 Å². The van der Waals surface area contributed by atoms with Crippen LogP contribution < -0.4 is 10.2 Å². The van der Waals surface area contributed by atoms with Gasteiger partial charge in [0.2, 0.25) is 11.0 Å². The molecule has 6 heteroatoms. The standard InChI is InChI=1S/C34H34N4OS/c39-33(35-23-21-31(29-17-9-3-10-18-29)30-19-11-4-12-20-30)22-24-38(26-28-15-7-2-8-16-28)34-36-32(37-40-34)25-27-13-5-1-6-14-27/h1-20,31H,21-26H2,(H,35,39). The van der Waals surface area contributed by atoms with Gasteiger partial charge in [0.05, 0.1) is 0 Å². The first-order valence-corrected chi connectivity index (χ1v) is 14.5. The summed E-state index contributed by atoms with van der Waals surface area (Å²) >= 11 is 1.40. The molecular formula is C34H34N4OS. The molecule has 0 saturated carbocycles. The number of amides is 1. The van der Waals surface area contributed by atoms with Gasteiger partial charge in [-0.25, -0.2) is 4.98 Å². The number of carbonyl (C=O) groups excluding carboxylic acids is 1. The van der Waals surface area contributed by atoms with Crippen molar-refractivity contribution in [2.75, 3.05) is 18.0 Å². The van der Waals surface area contributed by atoms with Gasteiger partial charge in [-0.2, -0.15) is 4.37 Å². The maximum Gasteiger partial charge on any atom is 0.221 e. The van der Waals surface area contributed by atoms with Crippen molar-refractivity contribution in [1.29, 1.82) is 0 Å². The zero-order valence-electron chi connectivity index (χ0n) is 22.5. The van der Waals surface area contributed by atoms with Crippen molar-refractivity contribution < 1.29 is 4.79 Å². The molecule has 4 aromatic carbocycles. The molecule has 1 N–H and O–H groups in total. The third kappa shape index (κ3) is 7.87. The van der Waals surface area contributed by atoms with Gasteiger partial charge in [-0.15, -0.1) is 0 Å². The molecule has 0 unspecified atom stereocenters. The molecule has 1 heterocycles. The lowest BCUT2D eigenvalue weighted by atomic mass is 9.88. The lowest BCUT2D eigenvalue weighted by Gasteiger charge is -2.22. The summed E-state index contributed by atoms with van der Waals surface area (Å²) in [5, 5.41) is 4.01. The van der Waals surface area contributed by atoms with Gasteiger partial charge >= 0.3 is 0 Å². The quantitative estimate of drug-likeness (QED) is 0.175. The van der Waals surface area contributed by atoms with Crippen LogP contribution in [0.3, 0.4) is 0 Å². The highest BCUT2D eigenvalue weighted by Gasteiger charge is 2.17. The average molecular weight is 547 g/mol. The molecule has 0 saturated heterocycles. The SMILES string of the molecule is O=C(CCN(Cc1ccccc1)c1nc(Cc2ccccc2)ns1)NCCC(c1ccccc1)c1ccccc1. The maximum absolute atomic E-state index is 13.0. The van der Waals surface area contributed by atoms with Crippen molar-refractivity contribution in [2.45, 2.75) is 31.7 Å². The Kier molecular flexibility index (Phi) is 9.68. The fourth-order valence-electron chi connectivity index (χ4n) is 4.85. The highest BCUT2D eigenvalue weighted by Crippen LogP contribution is 2.27. The van der Waals surface area contributed by atoms with Gasteiger partial charge in [-0.3, -0.25) is 4.79 Å². The lowest BCUT2D eigenvalue weighted by Crippen LogP contribution is -2.31. The predicted molar refractivity (Wildman–Crippen MR) is 164 cm³/mol. The molecule has 202 valence electrons. The maximum atomic E-state index is 13.0. The Hall–Kier alpha value is -4.29. The summed E-state index contributed by atoms with van der Waals surface area (Å²) in [5.41, 5.74) is 4.89. The van der Waals surface area contributed by atoms with E-state index in [1.165, 1.54) is 33.8 Å². The highest BCUT2D eigenvalue weighted by atomic mass is 32.1. The molecule has 0 atom stereocenters. The van der Waals surface area contributed by atoms with E-state index in [9.17, 15) is 4.79 Å². The van der Waals surface area contributed by atoms with Crippen molar-refractivity contribution in [3.63, 3.8) is 0 Å². The second-order valence-corrected chi connectivity index (χ2v) is 10.6. The van der Waals surface area contributed by atoms with Crippen molar-refractivity contribution in [3.8, 4) is 0 Å². The molecule has 0 fully saturated rings. The molecule has 1 amide bonds. The van der Waals surface area contributed by atoms with E-state index in [4.69, 9.17) is 4.98 Å². The number of aromatic nitrogens is 2. The molecule has 0 aliphatic heterocycles. The molecular weight excluding hydrogens is 512 g/mol. The number of rotatable bonds is 13. The van der Waals surface area contributed by atoms with Gasteiger partial charge in [0.25, 0.3) is 0 Å². The zero-order chi connectivity index (χ0) is 27.4. The molecule has 5 rings (SSSR count). The van der Waals surface area contributed by atoms with Gasteiger partial charge < -0.3 is 10.2 Å². The molecule has 1 aromatic heterocycles. The first-order valence-electron chi connectivity index (χ1n) is 13.8. The first kappa shape index (κ1) is 27.3. The Morgan fingerprint density at radius 3 is 1.90 bits per heavy atom. The number of hydrogen-bond acceptors (Lipinski definition) is 5. The van der Waals surface area contributed by atoms with E-state index in [-0.39, 0.29) is 11.8 Å². The number of carbonyl (C=O) groups is 1. The second-order valence-electron chi connectivity index (χ2n) is 9.83.